The summed E-state index contributed by atoms with van der Waals surface area (Å²) in [5, 5.41) is 9.23. The summed E-state index contributed by atoms with van der Waals surface area (Å²) in [7, 11) is 0. The van der Waals surface area contributed by atoms with Gasteiger partial charge in [0, 0.05) is 17.2 Å². The van der Waals surface area contributed by atoms with Gasteiger partial charge < -0.3 is 16.6 Å². The fraction of sp³-hybridized carbons (Fsp3) is 0.667. The number of aliphatic hydroxyl groups is 1. The maximum Gasteiger partial charge on any atom is 0.243 e. The summed E-state index contributed by atoms with van der Waals surface area (Å²) in [5.74, 6) is -0.544. The standard InChI is InChI=1S/C9H16N2O2/c10-7(5-8(11)13)9(6-12)3-1-2-4-9/h5,12H,1-4,6,10H2,(H2,11,13). The zero-order valence-corrected chi connectivity index (χ0v) is 7.62. The molecule has 1 aliphatic rings. The lowest BCUT2D eigenvalue weighted by Crippen LogP contribution is -2.30. The van der Waals surface area contributed by atoms with Crippen molar-refractivity contribution < 1.29 is 9.90 Å². The molecule has 0 aromatic carbocycles. The SMILES string of the molecule is NC(=O)C=C(N)C1(CO)CCCC1. The van der Waals surface area contributed by atoms with Gasteiger partial charge in [-0.1, -0.05) is 12.8 Å². The molecular formula is C9H16N2O2. The van der Waals surface area contributed by atoms with Gasteiger partial charge in [0.15, 0.2) is 0 Å². The number of carbonyl (C=O) groups excluding carboxylic acids is 1. The Labute approximate surface area is 77.6 Å². The molecule has 0 aromatic heterocycles. The molecule has 0 heterocycles. The Kier molecular flexibility index (Phi) is 2.93. The molecule has 0 spiro atoms. The highest BCUT2D eigenvalue weighted by atomic mass is 16.3. The van der Waals surface area contributed by atoms with Crippen LogP contribution in [0.3, 0.4) is 0 Å². The molecule has 0 radical (unpaired) electrons. The lowest BCUT2D eigenvalue weighted by atomic mass is 9.83. The van der Waals surface area contributed by atoms with Gasteiger partial charge in [-0.25, -0.2) is 0 Å². The molecule has 0 saturated heterocycles. The molecule has 4 nitrogen and oxygen atoms in total. The third kappa shape index (κ3) is 2.01. The minimum Gasteiger partial charge on any atom is -0.401 e. The Bertz CT molecular complexity index is 230. The van der Waals surface area contributed by atoms with Crippen LogP contribution < -0.4 is 11.5 Å². The van der Waals surface area contributed by atoms with Gasteiger partial charge in [-0.2, -0.15) is 0 Å². The third-order valence-corrected chi connectivity index (χ3v) is 2.77. The summed E-state index contributed by atoms with van der Waals surface area (Å²) in [6.45, 7) is 0.00259. The highest BCUT2D eigenvalue weighted by Gasteiger charge is 2.35. The molecule has 0 aromatic rings. The molecule has 74 valence electrons. The first-order valence-electron chi connectivity index (χ1n) is 4.49. The Morgan fingerprint density at radius 3 is 2.31 bits per heavy atom. The number of amides is 1. The Hall–Kier alpha value is -1.03. The fourth-order valence-electron chi connectivity index (χ4n) is 1.90. The average Bonchev–Trinajstić information content (AvgIpc) is 2.51. The van der Waals surface area contributed by atoms with Crippen molar-refractivity contribution in [2.45, 2.75) is 25.7 Å². The first-order valence-corrected chi connectivity index (χ1v) is 4.49. The molecular weight excluding hydrogens is 168 g/mol. The normalized spacial score (nSPS) is 21.8. The van der Waals surface area contributed by atoms with Gasteiger partial charge in [0.2, 0.25) is 5.91 Å². The van der Waals surface area contributed by atoms with Crippen molar-refractivity contribution in [1.29, 1.82) is 0 Å². The van der Waals surface area contributed by atoms with Gasteiger partial charge in [0.1, 0.15) is 0 Å². The van der Waals surface area contributed by atoms with Crippen molar-refractivity contribution >= 4 is 5.91 Å². The molecule has 1 amide bonds. The van der Waals surface area contributed by atoms with Crippen molar-refractivity contribution in [1.82, 2.24) is 0 Å². The van der Waals surface area contributed by atoms with Crippen molar-refractivity contribution in [3.8, 4) is 0 Å². The van der Waals surface area contributed by atoms with E-state index in [9.17, 15) is 9.90 Å². The lowest BCUT2D eigenvalue weighted by molar-refractivity contribution is -0.113. The largest absolute Gasteiger partial charge is 0.401 e. The van der Waals surface area contributed by atoms with Crippen LogP contribution >= 0.6 is 0 Å². The van der Waals surface area contributed by atoms with E-state index >= 15 is 0 Å². The van der Waals surface area contributed by atoms with Crippen LogP contribution in [0, 0.1) is 5.41 Å². The predicted octanol–water partition coefficient (Wildman–Crippen LogP) is -0.133. The van der Waals surface area contributed by atoms with Gasteiger partial charge in [0.05, 0.1) is 6.61 Å². The number of hydrogen-bond donors (Lipinski definition) is 3. The monoisotopic (exact) mass is 184 g/mol. The van der Waals surface area contributed by atoms with E-state index in [0.29, 0.717) is 5.70 Å². The van der Waals surface area contributed by atoms with E-state index in [4.69, 9.17) is 11.5 Å². The van der Waals surface area contributed by atoms with Crippen LogP contribution in [0.4, 0.5) is 0 Å². The van der Waals surface area contributed by atoms with E-state index in [1.165, 1.54) is 6.08 Å². The maximum absolute atomic E-state index is 10.6. The van der Waals surface area contributed by atoms with E-state index in [0.717, 1.165) is 25.7 Å². The second kappa shape index (κ2) is 3.79. The van der Waals surface area contributed by atoms with Crippen LogP contribution in [0.25, 0.3) is 0 Å². The molecule has 13 heavy (non-hydrogen) atoms. The van der Waals surface area contributed by atoms with Crippen LogP contribution in [-0.4, -0.2) is 17.6 Å². The van der Waals surface area contributed by atoms with Crippen LogP contribution in [0.5, 0.6) is 0 Å². The molecule has 0 unspecified atom stereocenters. The Morgan fingerprint density at radius 2 is 1.92 bits per heavy atom. The quantitative estimate of drug-likeness (QED) is 0.533. The van der Waals surface area contributed by atoms with Crippen molar-refractivity contribution in [2.24, 2.45) is 16.9 Å². The summed E-state index contributed by atoms with van der Waals surface area (Å²) < 4.78 is 0. The summed E-state index contributed by atoms with van der Waals surface area (Å²) in [5.41, 5.74) is 10.8. The van der Waals surface area contributed by atoms with Crippen LogP contribution in [0.2, 0.25) is 0 Å². The molecule has 4 heteroatoms. The summed E-state index contributed by atoms with van der Waals surface area (Å²) in [6, 6.07) is 0. The minimum atomic E-state index is -0.544. The second-order valence-electron chi connectivity index (χ2n) is 3.65. The maximum atomic E-state index is 10.6. The average molecular weight is 184 g/mol. The highest BCUT2D eigenvalue weighted by molar-refractivity contribution is 5.86. The zero-order valence-electron chi connectivity index (χ0n) is 7.62. The smallest absolute Gasteiger partial charge is 0.243 e. The number of nitrogens with two attached hydrogens (primary N) is 2. The number of primary amides is 1. The van der Waals surface area contributed by atoms with E-state index in [-0.39, 0.29) is 12.0 Å². The molecule has 5 N–H and O–H groups in total. The zero-order chi connectivity index (χ0) is 9.90. The van der Waals surface area contributed by atoms with E-state index in [1.54, 1.807) is 0 Å². The topological polar surface area (TPSA) is 89.3 Å². The van der Waals surface area contributed by atoms with Crippen molar-refractivity contribution in [3.05, 3.63) is 11.8 Å². The lowest BCUT2D eigenvalue weighted by Gasteiger charge is -2.26. The van der Waals surface area contributed by atoms with Crippen molar-refractivity contribution in [2.75, 3.05) is 6.61 Å². The first kappa shape index (κ1) is 10.1. The highest BCUT2D eigenvalue weighted by Crippen LogP contribution is 2.41. The number of rotatable bonds is 3. The van der Waals surface area contributed by atoms with E-state index in [1.807, 2.05) is 0 Å². The molecule has 1 fully saturated rings. The Morgan fingerprint density at radius 1 is 1.38 bits per heavy atom. The molecule has 0 aliphatic heterocycles. The number of aliphatic hydroxyl groups excluding tert-OH is 1. The van der Waals surface area contributed by atoms with Crippen molar-refractivity contribution in [3.63, 3.8) is 0 Å². The molecule has 1 rings (SSSR count). The Balaban J connectivity index is 2.82. The summed E-state index contributed by atoms with van der Waals surface area (Å²) >= 11 is 0. The summed E-state index contributed by atoms with van der Waals surface area (Å²) in [4.78, 5) is 10.6. The van der Waals surface area contributed by atoms with Crippen LogP contribution in [-0.2, 0) is 4.79 Å². The van der Waals surface area contributed by atoms with Gasteiger partial charge in [-0.15, -0.1) is 0 Å². The predicted molar refractivity (Wildman–Crippen MR) is 49.5 cm³/mol. The second-order valence-corrected chi connectivity index (χ2v) is 3.65. The van der Waals surface area contributed by atoms with Gasteiger partial charge in [-0.3, -0.25) is 4.79 Å². The van der Waals surface area contributed by atoms with Crippen LogP contribution in [0.1, 0.15) is 25.7 Å². The van der Waals surface area contributed by atoms with Gasteiger partial charge >= 0.3 is 0 Å². The van der Waals surface area contributed by atoms with Crippen LogP contribution in [0.15, 0.2) is 11.8 Å². The third-order valence-electron chi connectivity index (χ3n) is 2.77. The number of carbonyl (C=O) groups is 1. The van der Waals surface area contributed by atoms with E-state index in [2.05, 4.69) is 0 Å². The molecule has 0 bridgehead atoms. The molecule has 1 saturated carbocycles. The first-order chi connectivity index (χ1) is 6.10. The fourth-order valence-corrected chi connectivity index (χ4v) is 1.90. The minimum absolute atomic E-state index is 0.00259. The molecule has 1 aliphatic carbocycles. The van der Waals surface area contributed by atoms with E-state index < -0.39 is 5.91 Å². The number of hydrogen-bond acceptors (Lipinski definition) is 3. The van der Waals surface area contributed by atoms with Gasteiger partial charge in [0.25, 0.3) is 0 Å². The van der Waals surface area contributed by atoms with Gasteiger partial charge in [-0.05, 0) is 12.8 Å². The summed E-state index contributed by atoms with van der Waals surface area (Å²) in [6.07, 6.45) is 5.02. The molecule has 0 atom stereocenters.